The van der Waals surface area contributed by atoms with Gasteiger partial charge in [0.15, 0.2) is 0 Å². The highest BCUT2D eigenvalue weighted by atomic mass is 35.5. The first-order chi connectivity index (χ1) is 9.77. The summed E-state index contributed by atoms with van der Waals surface area (Å²) >= 11 is 5.54. The second-order valence-corrected chi connectivity index (χ2v) is 5.67. The van der Waals surface area contributed by atoms with Crippen LogP contribution in [0, 0.1) is 0 Å². The first-order valence-corrected chi connectivity index (χ1v) is 7.01. The summed E-state index contributed by atoms with van der Waals surface area (Å²) in [6.07, 6.45) is -2.79. The lowest BCUT2D eigenvalue weighted by atomic mass is 10.0. The summed E-state index contributed by atoms with van der Waals surface area (Å²) in [6.45, 7) is 1.66. The predicted octanol–water partition coefficient (Wildman–Crippen LogP) is 3.18. The summed E-state index contributed by atoms with van der Waals surface area (Å²) in [4.78, 5) is 14.2. The molecular weight excluding hydrogens is 305 g/mol. The van der Waals surface area contributed by atoms with Gasteiger partial charge < -0.3 is 10.2 Å². The van der Waals surface area contributed by atoms with Gasteiger partial charge in [-0.05, 0) is 44.6 Å². The van der Waals surface area contributed by atoms with Gasteiger partial charge in [0.25, 0.3) is 5.91 Å². The number of hydrogen-bond donors (Lipinski definition) is 1. The number of carbonyl (C=O) groups is 1. The normalized spacial score (nSPS) is 20.3. The molecule has 1 aliphatic heterocycles. The summed E-state index contributed by atoms with van der Waals surface area (Å²) < 4.78 is 38.3. The van der Waals surface area contributed by atoms with Crippen LogP contribution >= 0.6 is 11.6 Å². The highest BCUT2D eigenvalue weighted by Gasteiger charge is 2.34. The van der Waals surface area contributed by atoms with E-state index in [-0.39, 0.29) is 11.6 Å². The summed E-state index contributed by atoms with van der Waals surface area (Å²) in [7, 11) is 1.95. The summed E-state index contributed by atoms with van der Waals surface area (Å²) in [5.41, 5.74) is -1.02. The van der Waals surface area contributed by atoms with E-state index in [1.165, 1.54) is 6.07 Å². The van der Waals surface area contributed by atoms with Crippen molar-refractivity contribution < 1.29 is 18.0 Å². The number of amides is 1. The van der Waals surface area contributed by atoms with E-state index in [1.807, 2.05) is 7.05 Å². The lowest BCUT2D eigenvalue weighted by Gasteiger charge is -2.30. The number of likely N-dealkylation sites (N-methyl/N-ethyl adjacent to an activating group) is 1. The van der Waals surface area contributed by atoms with Crippen LogP contribution in [0.3, 0.4) is 0 Å². The van der Waals surface area contributed by atoms with Gasteiger partial charge in [-0.2, -0.15) is 13.2 Å². The smallest absolute Gasteiger partial charge is 0.348 e. The molecule has 1 aromatic rings. The third kappa shape index (κ3) is 4.11. The van der Waals surface area contributed by atoms with Gasteiger partial charge in [0.05, 0.1) is 10.6 Å². The van der Waals surface area contributed by atoms with Gasteiger partial charge in [0.1, 0.15) is 0 Å². The van der Waals surface area contributed by atoms with Crippen LogP contribution in [0.25, 0.3) is 0 Å². The summed E-state index contributed by atoms with van der Waals surface area (Å²) in [6, 6.07) is 3.16. The minimum Gasteiger partial charge on any atom is -0.348 e. The molecule has 0 saturated carbocycles. The second kappa shape index (κ2) is 6.23. The zero-order chi connectivity index (χ0) is 15.6. The highest BCUT2D eigenvalue weighted by Crippen LogP contribution is 2.35. The molecule has 1 saturated heterocycles. The zero-order valence-electron chi connectivity index (χ0n) is 11.5. The van der Waals surface area contributed by atoms with Crippen molar-refractivity contribution in [3.63, 3.8) is 0 Å². The maximum absolute atomic E-state index is 12.8. The standard InChI is InChI=1S/C14H16ClF3N2O/c1-20-6-2-3-10(8-20)19-13(21)9-4-5-12(15)11(7-9)14(16,17)18/h4-5,7,10H,2-3,6,8H2,1H3,(H,19,21)/t10-/m1/s1. The van der Waals surface area contributed by atoms with Gasteiger partial charge in [-0.1, -0.05) is 11.6 Å². The maximum Gasteiger partial charge on any atom is 0.417 e. The number of nitrogens with zero attached hydrogens (tertiary/aromatic N) is 1. The fourth-order valence-electron chi connectivity index (χ4n) is 2.44. The van der Waals surface area contributed by atoms with E-state index in [1.54, 1.807) is 0 Å². The van der Waals surface area contributed by atoms with Crippen molar-refractivity contribution in [1.29, 1.82) is 0 Å². The molecule has 21 heavy (non-hydrogen) atoms. The molecular formula is C14H16ClF3N2O. The van der Waals surface area contributed by atoms with Gasteiger partial charge in [-0.15, -0.1) is 0 Å². The van der Waals surface area contributed by atoms with Crippen molar-refractivity contribution in [2.24, 2.45) is 0 Å². The Morgan fingerprint density at radius 1 is 1.43 bits per heavy atom. The van der Waals surface area contributed by atoms with Crippen LogP contribution in [0.1, 0.15) is 28.8 Å². The van der Waals surface area contributed by atoms with Gasteiger partial charge in [0, 0.05) is 18.2 Å². The minimum absolute atomic E-state index is 0.0278. The van der Waals surface area contributed by atoms with Crippen molar-refractivity contribution in [3.8, 4) is 0 Å². The second-order valence-electron chi connectivity index (χ2n) is 5.27. The topological polar surface area (TPSA) is 32.3 Å². The molecule has 116 valence electrons. The molecule has 1 N–H and O–H groups in total. The van der Waals surface area contributed by atoms with E-state index in [0.29, 0.717) is 6.54 Å². The molecule has 3 nitrogen and oxygen atoms in total. The van der Waals surface area contributed by atoms with E-state index in [0.717, 1.165) is 31.5 Å². The molecule has 1 heterocycles. The van der Waals surface area contributed by atoms with Crippen LogP contribution in [0.15, 0.2) is 18.2 Å². The van der Waals surface area contributed by atoms with Crippen LogP contribution in [-0.4, -0.2) is 37.0 Å². The molecule has 0 unspecified atom stereocenters. The molecule has 1 aromatic carbocycles. The first kappa shape index (κ1) is 16.1. The van der Waals surface area contributed by atoms with E-state index >= 15 is 0 Å². The predicted molar refractivity (Wildman–Crippen MR) is 74.4 cm³/mol. The minimum atomic E-state index is -4.57. The number of piperidine rings is 1. The Morgan fingerprint density at radius 3 is 2.76 bits per heavy atom. The monoisotopic (exact) mass is 320 g/mol. The number of nitrogens with one attached hydrogen (secondary N) is 1. The van der Waals surface area contributed by atoms with Crippen molar-refractivity contribution >= 4 is 17.5 Å². The van der Waals surface area contributed by atoms with Crippen LogP contribution < -0.4 is 5.32 Å². The molecule has 0 bridgehead atoms. The molecule has 0 aromatic heterocycles. The van der Waals surface area contributed by atoms with Gasteiger partial charge in [-0.25, -0.2) is 0 Å². The van der Waals surface area contributed by atoms with Crippen LogP contribution in [0.2, 0.25) is 5.02 Å². The lowest BCUT2D eigenvalue weighted by molar-refractivity contribution is -0.137. The van der Waals surface area contributed by atoms with Gasteiger partial charge in [0.2, 0.25) is 0 Å². The lowest BCUT2D eigenvalue weighted by Crippen LogP contribution is -2.46. The average Bonchev–Trinajstić information content (AvgIpc) is 2.37. The molecule has 0 aliphatic carbocycles. The number of hydrogen-bond acceptors (Lipinski definition) is 2. The van der Waals surface area contributed by atoms with E-state index in [2.05, 4.69) is 10.2 Å². The van der Waals surface area contributed by atoms with Crippen molar-refractivity contribution in [2.45, 2.75) is 25.1 Å². The molecule has 0 radical (unpaired) electrons. The van der Waals surface area contributed by atoms with Crippen molar-refractivity contribution in [3.05, 3.63) is 34.3 Å². The fourth-order valence-corrected chi connectivity index (χ4v) is 2.66. The third-order valence-electron chi connectivity index (χ3n) is 3.49. The Kier molecular flexibility index (Phi) is 4.78. The molecule has 1 amide bonds. The SMILES string of the molecule is CN1CCC[C@@H](NC(=O)c2ccc(Cl)c(C(F)(F)F)c2)C1. The first-order valence-electron chi connectivity index (χ1n) is 6.63. The number of benzene rings is 1. The summed E-state index contributed by atoms with van der Waals surface area (Å²) in [5.74, 6) is -0.502. The van der Waals surface area contributed by atoms with Crippen molar-refractivity contribution in [1.82, 2.24) is 10.2 Å². The summed E-state index contributed by atoms with van der Waals surface area (Å²) in [5, 5.41) is 2.37. The Balaban J connectivity index is 2.12. The molecule has 1 atom stereocenters. The van der Waals surface area contributed by atoms with E-state index in [9.17, 15) is 18.0 Å². The molecule has 1 fully saturated rings. The Hall–Kier alpha value is -1.27. The zero-order valence-corrected chi connectivity index (χ0v) is 12.3. The molecule has 0 spiro atoms. The Bertz CT molecular complexity index is 533. The highest BCUT2D eigenvalue weighted by molar-refractivity contribution is 6.31. The Morgan fingerprint density at radius 2 is 2.14 bits per heavy atom. The Labute approximate surface area is 126 Å². The van der Waals surface area contributed by atoms with Gasteiger partial charge >= 0.3 is 6.18 Å². The average molecular weight is 321 g/mol. The van der Waals surface area contributed by atoms with E-state index < -0.39 is 22.7 Å². The largest absolute Gasteiger partial charge is 0.417 e. The molecule has 7 heteroatoms. The number of halogens is 4. The van der Waals surface area contributed by atoms with Crippen LogP contribution in [0.5, 0.6) is 0 Å². The van der Waals surface area contributed by atoms with E-state index in [4.69, 9.17) is 11.6 Å². The quantitative estimate of drug-likeness (QED) is 0.907. The van der Waals surface area contributed by atoms with Crippen molar-refractivity contribution in [2.75, 3.05) is 20.1 Å². The van der Waals surface area contributed by atoms with Gasteiger partial charge in [-0.3, -0.25) is 4.79 Å². The fraction of sp³-hybridized carbons (Fsp3) is 0.500. The molecule has 2 rings (SSSR count). The number of carbonyl (C=O) groups excluding carboxylic acids is 1. The number of alkyl halides is 3. The maximum atomic E-state index is 12.8. The number of rotatable bonds is 2. The third-order valence-corrected chi connectivity index (χ3v) is 3.82. The number of likely N-dealkylation sites (tertiary alicyclic amines) is 1. The van der Waals surface area contributed by atoms with Crippen LogP contribution in [0.4, 0.5) is 13.2 Å². The van der Waals surface area contributed by atoms with Crippen LogP contribution in [-0.2, 0) is 6.18 Å². The molecule has 1 aliphatic rings.